The second-order valence-electron chi connectivity index (χ2n) is 6.55. The van der Waals surface area contributed by atoms with Crippen LogP contribution in [0, 0.1) is 11.3 Å². The lowest BCUT2D eigenvalue weighted by Gasteiger charge is -2.27. The normalized spacial score (nSPS) is 23.8. The molecule has 110 valence electrons. The number of hydrogen-bond donors (Lipinski definition) is 1. The molecule has 1 rings (SSSR count). The highest BCUT2D eigenvalue weighted by molar-refractivity contribution is 5.04. The maximum Gasteiger partial charge on any atom is 0.104 e. The summed E-state index contributed by atoms with van der Waals surface area (Å²) in [6.07, 6.45) is 3.28. The van der Waals surface area contributed by atoms with Crippen LogP contribution in [0.3, 0.4) is 0 Å². The van der Waals surface area contributed by atoms with Crippen molar-refractivity contribution >= 4 is 0 Å². The van der Waals surface area contributed by atoms with E-state index >= 15 is 0 Å². The van der Waals surface area contributed by atoms with E-state index in [1.54, 1.807) is 0 Å². The molecule has 0 saturated carbocycles. The van der Waals surface area contributed by atoms with Crippen LogP contribution in [0.5, 0.6) is 0 Å². The Morgan fingerprint density at radius 3 is 2.63 bits per heavy atom. The first-order valence-electron chi connectivity index (χ1n) is 7.44. The highest BCUT2D eigenvalue weighted by Crippen LogP contribution is 2.17. The molecule has 4 heteroatoms. The first-order chi connectivity index (χ1) is 8.86. The fourth-order valence-corrected chi connectivity index (χ4v) is 2.89. The van der Waals surface area contributed by atoms with Crippen molar-refractivity contribution in [2.45, 2.75) is 57.7 Å². The smallest absolute Gasteiger partial charge is 0.104 e. The van der Waals surface area contributed by atoms with E-state index in [0.717, 1.165) is 19.4 Å². The summed E-state index contributed by atoms with van der Waals surface area (Å²) in [6.45, 7) is 9.69. The minimum absolute atomic E-state index is 0.356. The molecule has 0 aromatic heterocycles. The molecule has 19 heavy (non-hydrogen) atoms. The number of hydrogen-bond acceptors (Lipinski definition) is 4. The lowest BCUT2D eigenvalue weighted by molar-refractivity contribution is 0.258. The number of nitriles is 1. The molecule has 1 saturated heterocycles. The molecule has 0 aromatic carbocycles. The van der Waals surface area contributed by atoms with Crippen molar-refractivity contribution < 1.29 is 0 Å². The van der Waals surface area contributed by atoms with Crippen molar-refractivity contribution in [1.29, 1.82) is 5.26 Å². The molecule has 4 nitrogen and oxygen atoms in total. The van der Waals surface area contributed by atoms with Gasteiger partial charge in [0, 0.05) is 18.6 Å². The lowest BCUT2D eigenvalue weighted by atomic mass is 9.96. The van der Waals surface area contributed by atoms with Gasteiger partial charge in [-0.25, -0.2) is 0 Å². The minimum Gasteiger partial charge on any atom is -0.305 e. The van der Waals surface area contributed by atoms with Gasteiger partial charge in [0.1, 0.15) is 5.54 Å². The van der Waals surface area contributed by atoms with Gasteiger partial charge in [-0.1, -0.05) is 0 Å². The Morgan fingerprint density at radius 1 is 1.47 bits per heavy atom. The summed E-state index contributed by atoms with van der Waals surface area (Å²) in [4.78, 5) is 4.84. The zero-order chi connectivity index (χ0) is 14.5. The Bertz CT molecular complexity index is 308. The number of likely N-dealkylation sites (N-methyl/N-ethyl adjacent to an activating group) is 1. The quantitative estimate of drug-likeness (QED) is 0.761. The van der Waals surface area contributed by atoms with E-state index in [0.29, 0.717) is 12.1 Å². The van der Waals surface area contributed by atoms with Gasteiger partial charge in [0.25, 0.3) is 0 Å². The number of nitrogens with zero attached hydrogens (tertiary/aromatic N) is 3. The molecule has 0 bridgehead atoms. The summed E-state index contributed by atoms with van der Waals surface area (Å²) in [6, 6.07) is 3.49. The minimum atomic E-state index is -0.380. The van der Waals surface area contributed by atoms with Gasteiger partial charge in [0.15, 0.2) is 0 Å². The topological polar surface area (TPSA) is 42.3 Å². The molecule has 0 spiro atoms. The molecule has 2 unspecified atom stereocenters. The van der Waals surface area contributed by atoms with Crippen LogP contribution in [0.2, 0.25) is 0 Å². The average molecular weight is 266 g/mol. The molecule has 0 aliphatic carbocycles. The first kappa shape index (κ1) is 16.4. The summed E-state index contributed by atoms with van der Waals surface area (Å²) in [5.41, 5.74) is -0.380. The Morgan fingerprint density at radius 2 is 2.16 bits per heavy atom. The van der Waals surface area contributed by atoms with Crippen LogP contribution in [0.4, 0.5) is 0 Å². The fraction of sp³-hybridized carbons (Fsp3) is 0.933. The van der Waals surface area contributed by atoms with Crippen molar-refractivity contribution in [2.75, 3.05) is 33.7 Å². The highest BCUT2D eigenvalue weighted by Gasteiger charge is 2.26. The SMILES string of the molecule is CC(C)NC(C)(C#N)CCCN1CCC(N(C)C)C1. The van der Waals surface area contributed by atoms with Crippen LogP contribution >= 0.6 is 0 Å². The summed E-state index contributed by atoms with van der Waals surface area (Å²) < 4.78 is 0. The van der Waals surface area contributed by atoms with Crippen molar-refractivity contribution in [3.8, 4) is 6.07 Å². The van der Waals surface area contributed by atoms with E-state index in [4.69, 9.17) is 0 Å². The van der Waals surface area contributed by atoms with Gasteiger partial charge >= 0.3 is 0 Å². The van der Waals surface area contributed by atoms with Crippen LogP contribution in [0.15, 0.2) is 0 Å². The molecule has 2 atom stereocenters. The Kier molecular flexibility index (Phi) is 6.25. The predicted molar refractivity (Wildman–Crippen MR) is 80.1 cm³/mol. The van der Waals surface area contributed by atoms with E-state index in [2.05, 4.69) is 49.1 Å². The van der Waals surface area contributed by atoms with Crippen LogP contribution in [0.25, 0.3) is 0 Å². The molecule has 1 N–H and O–H groups in total. The van der Waals surface area contributed by atoms with Gasteiger partial charge in [-0.05, 0) is 67.2 Å². The third-order valence-corrected chi connectivity index (χ3v) is 3.98. The number of nitrogens with one attached hydrogen (secondary N) is 1. The van der Waals surface area contributed by atoms with Crippen molar-refractivity contribution in [3.05, 3.63) is 0 Å². The zero-order valence-electron chi connectivity index (χ0n) is 13.2. The summed E-state index contributed by atoms with van der Waals surface area (Å²) in [5.74, 6) is 0. The molecule has 0 radical (unpaired) electrons. The molecular formula is C15H30N4. The third-order valence-electron chi connectivity index (χ3n) is 3.98. The van der Waals surface area contributed by atoms with Gasteiger partial charge in [-0.15, -0.1) is 0 Å². The Hall–Kier alpha value is -0.630. The second kappa shape index (κ2) is 7.23. The third kappa shape index (κ3) is 5.48. The molecule has 1 aliphatic heterocycles. The fourth-order valence-electron chi connectivity index (χ4n) is 2.89. The van der Waals surface area contributed by atoms with Gasteiger partial charge < -0.3 is 9.80 Å². The van der Waals surface area contributed by atoms with Gasteiger partial charge in [0.05, 0.1) is 6.07 Å². The number of rotatable bonds is 7. The van der Waals surface area contributed by atoms with Crippen molar-refractivity contribution in [1.82, 2.24) is 15.1 Å². The lowest BCUT2D eigenvalue weighted by Crippen LogP contribution is -2.45. The van der Waals surface area contributed by atoms with Gasteiger partial charge in [-0.2, -0.15) is 5.26 Å². The maximum absolute atomic E-state index is 9.31. The van der Waals surface area contributed by atoms with Gasteiger partial charge in [0.2, 0.25) is 0 Å². The molecule has 0 amide bonds. The molecule has 0 aromatic rings. The van der Waals surface area contributed by atoms with E-state index in [-0.39, 0.29) is 5.54 Å². The van der Waals surface area contributed by atoms with Gasteiger partial charge in [-0.3, -0.25) is 5.32 Å². The summed E-state index contributed by atoms with van der Waals surface area (Å²) >= 11 is 0. The molecular weight excluding hydrogens is 236 g/mol. The average Bonchev–Trinajstić information content (AvgIpc) is 2.77. The number of likely N-dealkylation sites (tertiary alicyclic amines) is 1. The maximum atomic E-state index is 9.31. The van der Waals surface area contributed by atoms with E-state index in [1.165, 1.54) is 19.5 Å². The first-order valence-corrected chi connectivity index (χ1v) is 7.44. The van der Waals surface area contributed by atoms with Crippen molar-refractivity contribution in [2.24, 2.45) is 0 Å². The Labute approximate surface area is 118 Å². The standard InChI is InChI=1S/C15H30N4/c1-13(2)17-15(3,12-16)8-6-9-19-10-7-14(11-19)18(4)5/h13-14,17H,6-11H2,1-5H3. The largest absolute Gasteiger partial charge is 0.305 e. The molecule has 1 heterocycles. The van der Waals surface area contributed by atoms with Crippen LogP contribution in [0.1, 0.15) is 40.0 Å². The van der Waals surface area contributed by atoms with E-state index in [1.807, 2.05) is 6.92 Å². The summed E-state index contributed by atoms with van der Waals surface area (Å²) in [7, 11) is 4.32. The van der Waals surface area contributed by atoms with E-state index in [9.17, 15) is 5.26 Å². The second-order valence-corrected chi connectivity index (χ2v) is 6.55. The van der Waals surface area contributed by atoms with Crippen LogP contribution in [-0.4, -0.2) is 61.2 Å². The Balaban J connectivity index is 2.29. The van der Waals surface area contributed by atoms with Crippen molar-refractivity contribution in [3.63, 3.8) is 0 Å². The van der Waals surface area contributed by atoms with Crippen LogP contribution in [-0.2, 0) is 0 Å². The van der Waals surface area contributed by atoms with Crippen LogP contribution < -0.4 is 5.32 Å². The van der Waals surface area contributed by atoms with E-state index < -0.39 is 0 Å². The monoisotopic (exact) mass is 266 g/mol. The highest BCUT2D eigenvalue weighted by atomic mass is 15.2. The summed E-state index contributed by atoms with van der Waals surface area (Å²) in [5, 5.41) is 12.7. The molecule has 1 fully saturated rings. The predicted octanol–water partition coefficient (Wildman–Crippen LogP) is 1.68. The zero-order valence-corrected chi connectivity index (χ0v) is 13.2. The molecule has 1 aliphatic rings.